The van der Waals surface area contributed by atoms with Gasteiger partial charge in [-0.25, -0.2) is 0 Å². The molecule has 0 heterocycles. The van der Waals surface area contributed by atoms with E-state index in [0.717, 1.165) is 0 Å². The number of primary amides is 1. The zero-order chi connectivity index (χ0) is 10.7. The van der Waals surface area contributed by atoms with Crippen LogP contribution < -0.4 is 5.73 Å². The third kappa shape index (κ3) is 2.79. The molecule has 0 aromatic heterocycles. The number of carbonyl (C=O) groups excluding carboxylic acids is 1. The fourth-order valence-corrected chi connectivity index (χ4v) is 2.52. The molecule has 0 radical (unpaired) electrons. The Bertz CT molecular complexity index is 231. The Balaban J connectivity index is 4.92. The van der Waals surface area contributed by atoms with Gasteiger partial charge in [0, 0.05) is 6.42 Å². The van der Waals surface area contributed by atoms with Crippen LogP contribution in [0, 0.1) is 0 Å². The molecule has 0 aliphatic carbocycles. The van der Waals surface area contributed by atoms with Crippen LogP contribution in [0.2, 0.25) is 0 Å². The first-order valence-electron chi connectivity index (χ1n) is 4.13. The van der Waals surface area contributed by atoms with Crippen molar-refractivity contribution in [3.63, 3.8) is 0 Å². The number of nitrogens with two attached hydrogens (primary N) is 1. The lowest BCUT2D eigenvalue weighted by molar-refractivity contribution is -0.118. The first kappa shape index (κ1) is 12.6. The van der Waals surface area contributed by atoms with Gasteiger partial charge in [0.15, 0.2) is 0 Å². The van der Waals surface area contributed by atoms with Gasteiger partial charge in [-0.15, -0.1) is 0 Å². The maximum Gasteiger partial charge on any atom is 0.332 e. The Hall–Kier alpha value is -0.380. The van der Waals surface area contributed by atoms with Crippen LogP contribution in [0.5, 0.6) is 0 Å². The minimum absolute atomic E-state index is 0.247. The van der Waals surface area contributed by atoms with Gasteiger partial charge >= 0.3 is 7.60 Å². The van der Waals surface area contributed by atoms with Crippen molar-refractivity contribution in [1.29, 1.82) is 0 Å². The van der Waals surface area contributed by atoms with Crippen molar-refractivity contribution in [3.8, 4) is 0 Å². The molecular weight excluding hydrogens is 193 g/mol. The van der Waals surface area contributed by atoms with Gasteiger partial charge in [0.05, 0.1) is 5.16 Å². The van der Waals surface area contributed by atoms with E-state index >= 15 is 0 Å². The molecule has 0 aromatic carbocycles. The van der Waals surface area contributed by atoms with Crippen LogP contribution in [0.15, 0.2) is 0 Å². The fourth-order valence-electron chi connectivity index (χ4n) is 1.34. The summed E-state index contributed by atoms with van der Waals surface area (Å²) < 4.78 is 11.1. The summed E-state index contributed by atoms with van der Waals surface area (Å²) in [6, 6.07) is 0. The molecule has 0 unspecified atom stereocenters. The minimum atomic E-state index is -4.26. The number of hydrogen-bond donors (Lipinski definition) is 3. The van der Waals surface area contributed by atoms with Crippen molar-refractivity contribution >= 4 is 13.5 Å². The minimum Gasteiger partial charge on any atom is -0.370 e. The van der Waals surface area contributed by atoms with Crippen molar-refractivity contribution in [2.75, 3.05) is 0 Å². The molecule has 0 saturated heterocycles. The molecule has 0 saturated carbocycles. The van der Waals surface area contributed by atoms with Gasteiger partial charge in [-0.2, -0.15) is 0 Å². The molecule has 0 rings (SSSR count). The molecule has 0 bridgehead atoms. The maximum atomic E-state index is 11.1. The number of carbonyl (C=O) groups is 1. The molecule has 0 atom stereocenters. The largest absolute Gasteiger partial charge is 0.370 e. The highest BCUT2D eigenvalue weighted by molar-refractivity contribution is 7.53. The van der Waals surface area contributed by atoms with Gasteiger partial charge in [-0.3, -0.25) is 9.36 Å². The van der Waals surface area contributed by atoms with Gasteiger partial charge in [0.2, 0.25) is 5.91 Å². The highest BCUT2D eigenvalue weighted by Gasteiger charge is 2.44. The number of rotatable bonds is 5. The van der Waals surface area contributed by atoms with Crippen LogP contribution in [0.1, 0.15) is 33.1 Å². The third-order valence-electron chi connectivity index (χ3n) is 2.44. The molecule has 0 aliphatic heterocycles. The Kier molecular flexibility index (Phi) is 4.10. The van der Waals surface area contributed by atoms with Crippen molar-refractivity contribution in [2.24, 2.45) is 5.73 Å². The van der Waals surface area contributed by atoms with Crippen LogP contribution >= 0.6 is 7.60 Å². The summed E-state index contributed by atoms with van der Waals surface area (Å²) in [7, 11) is -4.26. The standard InChI is InChI=1S/C7H16NO4P/c1-3-7(4-2,5-6(8)9)13(10,11)12/h3-5H2,1-2H3,(H2,8,9)(H2,10,11,12). The normalized spacial score (nSPS) is 12.9. The lowest BCUT2D eigenvalue weighted by atomic mass is 9.98. The molecule has 6 heteroatoms. The molecule has 0 fully saturated rings. The summed E-state index contributed by atoms with van der Waals surface area (Å²) in [4.78, 5) is 28.8. The second-order valence-electron chi connectivity index (χ2n) is 3.12. The van der Waals surface area contributed by atoms with E-state index < -0.39 is 18.7 Å². The number of amides is 1. The Morgan fingerprint density at radius 2 is 1.77 bits per heavy atom. The second kappa shape index (κ2) is 4.22. The first-order chi connectivity index (χ1) is 5.79. The van der Waals surface area contributed by atoms with Crippen LogP contribution in [0.25, 0.3) is 0 Å². The summed E-state index contributed by atoms with van der Waals surface area (Å²) >= 11 is 0. The molecular formula is C7H16NO4P. The van der Waals surface area contributed by atoms with E-state index in [4.69, 9.17) is 15.5 Å². The highest BCUT2D eigenvalue weighted by Crippen LogP contribution is 2.56. The van der Waals surface area contributed by atoms with E-state index in [1.807, 2.05) is 0 Å². The maximum absolute atomic E-state index is 11.1. The average molecular weight is 209 g/mol. The van der Waals surface area contributed by atoms with Gasteiger partial charge in [0.1, 0.15) is 0 Å². The molecule has 78 valence electrons. The van der Waals surface area contributed by atoms with E-state index in [1.165, 1.54) is 0 Å². The second-order valence-corrected chi connectivity index (χ2v) is 5.16. The average Bonchev–Trinajstić information content (AvgIpc) is 1.97. The van der Waals surface area contributed by atoms with Crippen molar-refractivity contribution in [3.05, 3.63) is 0 Å². The Labute approximate surface area is 77.5 Å². The van der Waals surface area contributed by atoms with E-state index in [9.17, 15) is 9.36 Å². The molecule has 1 amide bonds. The van der Waals surface area contributed by atoms with Crippen LogP contribution in [-0.2, 0) is 9.36 Å². The highest BCUT2D eigenvalue weighted by atomic mass is 31.2. The predicted octanol–water partition coefficient (Wildman–Crippen LogP) is 0.598. The molecule has 0 spiro atoms. The summed E-state index contributed by atoms with van der Waals surface area (Å²) in [6.07, 6.45) is 0.234. The topological polar surface area (TPSA) is 101 Å². The monoisotopic (exact) mass is 209 g/mol. The summed E-state index contributed by atoms with van der Waals surface area (Å²) in [5, 5.41) is -1.27. The molecule has 0 aliphatic rings. The Morgan fingerprint density at radius 1 is 1.38 bits per heavy atom. The zero-order valence-electron chi connectivity index (χ0n) is 7.86. The van der Waals surface area contributed by atoms with E-state index in [-0.39, 0.29) is 19.3 Å². The van der Waals surface area contributed by atoms with Crippen molar-refractivity contribution in [2.45, 2.75) is 38.3 Å². The fraction of sp³-hybridized carbons (Fsp3) is 0.857. The Morgan fingerprint density at radius 3 is 1.85 bits per heavy atom. The van der Waals surface area contributed by atoms with Crippen LogP contribution in [-0.4, -0.2) is 20.9 Å². The SMILES string of the molecule is CCC(CC)(CC(N)=O)P(=O)(O)O. The van der Waals surface area contributed by atoms with Crippen LogP contribution in [0.4, 0.5) is 0 Å². The summed E-state index contributed by atoms with van der Waals surface area (Å²) in [6.45, 7) is 3.29. The lowest BCUT2D eigenvalue weighted by Gasteiger charge is -2.30. The molecule has 4 N–H and O–H groups in total. The third-order valence-corrected chi connectivity index (χ3v) is 4.46. The molecule has 5 nitrogen and oxygen atoms in total. The molecule has 0 aromatic rings. The molecule has 13 heavy (non-hydrogen) atoms. The van der Waals surface area contributed by atoms with Gasteiger partial charge in [-0.05, 0) is 12.8 Å². The van der Waals surface area contributed by atoms with E-state index in [1.54, 1.807) is 13.8 Å². The zero-order valence-corrected chi connectivity index (χ0v) is 8.75. The number of hydrogen-bond acceptors (Lipinski definition) is 2. The van der Waals surface area contributed by atoms with Crippen molar-refractivity contribution in [1.82, 2.24) is 0 Å². The van der Waals surface area contributed by atoms with Gasteiger partial charge < -0.3 is 15.5 Å². The lowest BCUT2D eigenvalue weighted by Crippen LogP contribution is -2.33. The van der Waals surface area contributed by atoms with Gasteiger partial charge in [0.25, 0.3) is 0 Å². The predicted molar refractivity (Wildman–Crippen MR) is 49.2 cm³/mol. The first-order valence-corrected chi connectivity index (χ1v) is 5.74. The quantitative estimate of drug-likeness (QED) is 0.577. The van der Waals surface area contributed by atoms with E-state index in [2.05, 4.69) is 0 Å². The van der Waals surface area contributed by atoms with Crippen molar-refractivity contribution < 1.29 is 19.1 Å². The smallest absolute Gasteiger partial charge is 0.332 e. The van der Waals surface area contributed by atoms with Crippen LogP contribution in [0.3, 0.4) is 0 Å². The summed E-state index contributed by atoms with van der Waals surface area (Å²) in [5.41, 5.74) is 4.94. The van der Waals surface area contributed by atoms with Gasteiger partial charge in [-0.1, -0.05) is 13.8 Å². The summed E-state index contributed by atoms with van der Waals surface area (Å²) in [5.74, 6) is -0.674. The van der Waals surface area contributed by atoms with E-state index in [0.29, 0.717) is 0 Å².